The Hall–Kier alpha value is -0.580. The van der Waals surface area contributed by atoms with Gasteiger partial charge in [0.25, 0.3) is 0 Å². The van der Waals surface area contributed by atoms with Gasteiger partial charge in [0, 0.05) is 12.2 Å². The first-order valence-electron chi connectivity index (χ1n) is 2.85. The lowest BCUT2D eigenvalue weighted by Crippen LogP contribution is -2.01. The molecule has 0 spiro atoms. The number of thiol groups is 1. The van der Waals surface area contributed by atoms with Gasteiger partial charge in [0.1, 0.15) is 10.7 Å². The van der Waals surface area contributed by atoms with Crippen LogP contribution in [0.3, 0.4) is 0 Å². The van der Waals surface area contributed by atoms with E-state index >= 15 is 0 Å². The molecule has 0 aliphatic rings. The van der Waals surface area contributed by atoms with Gasteiger partial charge in [0.05, 0.1) is 7.11 Å². The van der Waals surface area contributed by atoms with E-state index in [-0.39, 0.29) is 18.1 Å². The first kappa shape index (κ1) is 9.42. The number of esters is 1. The molecular formula is C5H10O4S. The minimum Gasteiger partial charge on any atom is -0.469 e. The number of ether oxygens (including phenoxy) is 1. The Balaban J connectivity index is 3.28. The highest BCUT2D eigenvalue weighted by Gasteiger charge is 1.98. The highest BCUT2D eigenvalue weighted by atomic mass is 32.2. The average molecular weight is 166 g/mol. The van der Waals surface area contributed by atoms with Crippen molar-refractivity contribution in [2.24, 2.45) is 0 Å². The molecule has 0 saturated carbocycles. The van der Waals surface area contributed by atoms with Crippen molar-refractivity contribution in [2.75, 3.05) is 12.9 Å². The SMILES string of the molecule is COC(=O)CCC[SH](=O)=O. The van der Waals surface area contributed by atoms with Crippen LogP contribution in [-0.4, -0.2) is 27.2 Å². The molecule has 60 valence electrons. The highest BCUT2D eigenvalue weighted by Crippen LogP contribution is 1.90. The second-order valence-corrected chi connectivity index (χ2v) is 2.85. The fourth-order valence-electron chi connectivity index (χ4n) is 0.455. The predicted octanol–water partition coefficient (Wildman–Crippen LogP) is -0.449. The summed E-state index contributed by atoms with van der Waals surface area (Å²) < 4.78 is 24.2. The van der Waals surface area contributed by atoms with E-state index in [1.54, 1.807) is 0 Å². The Morgan fingerprint density at radius 2 is 2.10 bits per heavy atom. The minimum absolute atomic E-state index is 0.0600. The molecule has 0 aromatic rings. The van der Waals surface area contributed by atoms with Crippen molar-refractivity contribution in [1.82, 2.24) is 0 Å². The van der Waals surface area contributed by atoms with Crippen molar-refractivity contribution >= 4 is 16.7 Å². The van der Waals surface area contributed by atoms with Gasteiger partial charge in [-0.3, -0.25) is 4.79 Å². The maximum atomic E-state index is 10.4. The second kappa shape index (κ2) is 5.22. The largest absolute Gasteiger partial charge is 0.469 e. The molecule has 4 nitrogen and oxygen atoms in total. The number of hydrogen-bond donors (Lipinski definition) is 1. The lowest BCUT2D eigenvalue weighted by molar-refractivity contribution is -0.140. The number of carbonyl (C=O) groups excluding carboxylic acids is 1. The monoisotopic (exact) mass is 166 g/mol. The summed E-state index contributed by atoms with van der Waals surface area (Å²) in [5.74, 6) is -0.304. The third kappa shape index (κ3) is 5.55. The van der Waals surface area contributed by atoms with Gasteiger partial charge in [0.2, 0.25) is 0 Å². The molecule has 0 unspecified atom stereocenters. The summed E-state index contributed by atoms with van der Waals surface area (Å²) in [5.41, 5.74) is 0. The Bertz CT molecular complexity index is 164. The normalized spacial score (nSPS) is 9.80. The highest BCUT2D eigenvalue weighted by molar-refractivity contribution is 7.72. The van der Waals surface area contributed by atoms with E-state index in [4.69, 9.17) is 0 Å². The fraction of sp³-hybridized carbons (Fsp3) is 0.800. The van der Waals surface area contributed by atoms with Gasteiger partial charge in [-0.25, -0.2) is 8.42 Å². The number of carbonyl (C=O) groups is 1. The van der Waals surface area contributed by atoms with Crippen LogP contribution in [0.2, 0.25) is 0 Å². The van der Waals surface area contributed by atoms with Crippen LogP contribution in [-0.2, 0) is 20.2 Å². The first-order chi connectivity index (χ1) is 4.66. The van der Waals surface area contributed by atoms with Crippen molar-refractivity contribution in [3.63, 3.8) is 0 Å². The number of methoxy groups -OCH3 is 1. The van der Waals surface area contributed by atoms with E-state index in [2.05, 4.69) is 4.74 Å². The van der Waals surface area contributed by atoms with Crippen LogP contribution < -0.4 is 0 Å². The molecule has 0 aromatic carbocycles. The fourth-order valence-corrected chi connectivity index (χ4v) is 0.871. The first-order valence-corrected chi connectivity index (χ1v) is 4.21. The number of rotatable bonds is 4. The summed E-state index contributed by atoms with van der Waals surface area (Å²) in [7, 11) is -1.07. The van der Waals surface area contributed by atoms with Crippen molar-refractivity contribution in [1.29, 1.82) is 0 Å². The summed E-state index contributed by atoms with van der Waals surface area (Å²) >= 11 is 0. The van der Waals surface area contributed by atoms with E-state index in [1.165, 1.54) is 7.11 Å². The summed E-state index contributed by atoms with van der Waals surface area (Å²) in [5, 5.41) is 0. The standard InChI is InChI=1S/C5H10O4S/c1-9-5(6)3-2-4-10(7)8/h10H,2-4H2,1H3. The smallest absolute Gasteiger partial charge is 0.305 e. The molecule has 0 fully saturated rings. The van der Waals surface area contributed by atoms with Crippen molar-refractivity contribution in [2.45, 2.75) is 12.8 Å². The van der Waals surface area contributed by atoms with Crippen LogP contribution in [0, 0.1) is 0 Å². The van der Waals surface area contributed by atoms with E-state index < -0.39 is 10.7 Å². The summed E-state index contributed by atoms with van der Waals surface area (Å²) in [6.45, 7) is 0. The zero-order valence-electron chi connectivity index (χ0n) is 5.70. The molecule has 0 aliphatic carbocycles. The molecular weight excluding hydrogens is 156 g/mol. The molecule has 0 N–H and O–H groups in total. The maximum Gasteiger partial charge on any atom is 0.305 e. The molecule has 0 radical (unpaired) electrons. The quantitative estimate of drug-likeness (QED) is 0.454. The van der Waals surface area contributed by atoms with Gasteiger partial charge in [0.15, 0.2) is 0 Å². The molecule has 10 heavy (non-hydrogen) atoms. The lowest BCUT2D eigenvalue weighted by Gasteiger charge is -1.93. The van der Waals surface area contributed by atoms with Crippen LogP contribution in [0.25, 0.3) is 0 Å². The zero-order chi connectivity index (χ0) is 7.98. The third-order valence-electron chi connectivity index (χ3n) is 0.949. The summed E-state index contributed by atoms with van der Waals surface area (Å²) in [6.07, 6.45) is 0.533. The van der Waals surface area contributed by atoms with Gasteiger partial charge >= 0.3 is 5.97 Å². The van der Waals surface area contributed by atoms with E-state index in [0.717, 1.165) is 0 Å². The molecule has 0 atom stereocenters. The zero-order valence-corrected chi connectivity index (χ0v) is 6.60. The average Bonchev–Trinajstić information content (AvgIpc) is 1.87. The topological polar surface area (TPSA) is 60.4 Å². The van der Waals surface area contributed by atoms with Gasteiger partial charge in [-0.2, -0.15) is 0 Å². The molecule has 0 aliphatic heterocycles. The molecule has 0 amide bonds. The number of hydrogen-bond acceptors (Lipinski definition) is 4. The minimum atomic E-state index is -2.34. The van der Waals surface area contributed by atoms with Crippen LogP contribution in [0.5, 0.6) is 0 Å². The van der Waals surface area contributed by atoms with Crippen LogP contribution >= 0.6 is 0 Å². The van der Waals surface area contributed by atoms with E-state index in [0.29, 0.717) is 6.42 Å². The van der Waals surface area contributed by atoms with E-state index in [9.17, 15) is 13.2 Å². The molecule has 0 rings (SSSR count). The molecule has 0 heterocycles. The maximum absolute atomic E-state index is 10.4. The molecule has 0 aromatic heterocycles. The molecule has 0 saturated heterocycles. The Kier molecular flexibility index (Phi) is 4.92. The van der Waals surface area contributed by atoms with Crippen LogP contribution in [0.4, 0.5) is 0 Å². The molecule has 0 bridgehead atoms. The predicted molar refractivity (Wildman–Crippen MR) is 36.4 cm³/mol. The third-order valence-corrected chi connectivity index (χ3v) is 1.63. The Morgan fingerprint density at radius 3 is 2.50 bits per heavy atom. The summed E-state index contributed by atoms with van der Waals surface area (Å²) in [4.78, 5) is 10.4. The van der Waals surface area contributed by atoms with Crippen LogP contribution in [0.15, 0.2) is 0 Å². The summed E-state index contributed by atoms with van der Waals surface area (Å²) in [6, 6.07) is 0. The Labute approximate surface area is 61.1 Å². The van der Waals surface area contributed by atoms with Crippen molar-refractivity contribution < 1.29 is 17.9 Å². The van der Waals surface area contributed by atoms with E-state index in [1.807, 2.05) is 0 Å². The second-order valence-electron chi connectivity index (χ2n) is 1.74. The van der Waals surface area contributed by atoms with Crippen molar-refractivity contribution in [3.05, 3.63) is 0 Å². The van der Waals surface area contributed by atoms with Crippen LogP contribution in [0.1, 0.15) is 12.8 Å². The van der Waals surface area contributed by atoms with Gasteiger partial charge in [-0.1, -0.05) is 0 Å². The lowest BCUT2D eigenvalue weighted by atomic mass is 10.3. The van der Waals surface area contributed by atoms with Gasteiger partial charge < -0.3 is 4.74 Å². The van der Waals surface area contributed by atoms with Crippen molar-refractivity contribution in [3.8, 4) is 0 Å². The van der Waals surface area contributed by atoms with Gasteiger partial charge in [-0.05, 0) is 6.42 Å². The molecule has 5 heteroatoms. The Morgan fingerprint density at radius 1 is 1.50 bits per heavy atom. The van der Waals surface area contributed by atoms with Gasteiger partial charge in [-0.15, -0.1) is 0 Å².